The lowest BCUT2D eigenvalue weighted by Gasteiger charge is -2.36. The van der Waals surface area contributed by atoms with Crippen molar-refractivity contribution >= 4 is 22.6 Å². The smallest absolute Gasteiger partial charge is 0.0980 e. The topological polar surface area (TPSA) is 69.7 Å². The number of hydrogen-bond donors (Lipinski definition) is 2. The molecule has 6 nitrogen and oxygen atoms in total. The minimum absolute atomic E-state index is 0.553. The molecule has 0 saturated carbocycles. The van der Waals surface area contributed by atoms with E-state index in [-0.39, 0.29) is 0 Å². The van der Waals surface area contributed by atoms with E-state index in [4.69, 9.17) is 16.6 Å². The van der Waals surface area contributed by atoms with Crippen molar-refractivity contribution < 1.29 is 0 Å². The van der Waals surface area contributed by atoms with Gasteiger partial charge in [0.25, 0.3) is 0 Å². The fourth-order valence-corrected chi connectivity index (χ4v) is 5.17. The van der Waals surface area contributed by atoms with Gasteiger partial charge in [-0.15, -0.1) is 0 Å². The molecule has 0 aliphatic carbocycles. The predicted octanol–water partition coefficient (Wildman–Crippen LogP) is 5.26. The highest BCUT2D eigenvalue weighted by atomic mass is 35.5. The molecule has 0 bridgehead atoms. The van der Waals surface area contributed by atoms with E-state index in [0.717, 1.165) is 71.7 Å². The molecule has 0 amide bonds. The van der Waals surface area contributed by atoms with Crippen molar-refractivity contribution in [3.8, 4) is 22.6 Å². The number of aromatic nitrogens is 4. The average molecular weight is 475 g/mol. The van der Waals surface area contributed by atoms with E-state index >= 15 is 0 Å². The van der Waals surface area contributed by atoms with Gasteiger partial charge in [-0.3, -0.25) is 4.98 Å². The first kappa shape index (κ1) is 23.0. The Labute approximate surface area is 205 Å². The van der Waals surface area contributed by atoms with Gasteiger partial charge in [0, 0.05) is 42.0 Å². The largest absolute Gasteiger partial charge is 0.343 e. The van der Waals surface area contributed by atoms with Crippen molar-refractivity contribution in [2.75, 3.05) is 19.6 Å². The number of benzene rings is 1. The quantitative estimate of drug-likeness (QED) is 0.398. The normalized spacial score (nSPS) is 19.1. The summed E-state index contributed by atoms with van der Waals surface area (Å²) >= 11 is 6.26. The number of aryl methyl sites for hydroxylation is 2. The Balaban J connectivity index is 1.35. The first-order chi connectivity index (χ1) is 16.5. The molecule has 0 unspecified atom stereocenters. The lowest BCUT2D eigenvalue weighted by molar-refractivity contribution is 0.172. The number of fused-ring (bicyclic) bond motifs is 1. The van der Waals surface area contributed by atoms with Crippen LogP contribution in [-0.2, 0) is 6.42 Å². The average Bonchev–Trinajstić information content (AvgIpc) is 3.29. The molecule has 5 rings (SSSR count). The molecule has 4 aromatic rings. The molecule has 0 spiro atoms. The molecule has 34 heavy (non-hydrogen) atoms. The number of H-pyrrole nitrogens is 1. The van der Waals surface area contributed by atoms with Gasteiger partial charge in [-0.25, -0.2) is 9.97 Å². The summed E-state index contributed by atoms with van der Waals surface area (Å²) in [6.45, 7) is 9.93. The molecule has 2 N–H and O–H groups in total. The van der Waals surface area contributed by atoms with Gasteiger partial charge in [0.1, 0.15) is 0 Å². The Morgan fingerprint density at radius 1 is 1.03 bits per heavy atom. The van der Waals surface area contributed by atoms with Gasteiger partial charge in [0.15, 0.2) is 0 Å². The highest BCUT2D eigenvalue weighted by molar-refractivity contribution is 6.30. The summed E-state index contributed by atoms with van der Waals surface area (Å²) in [5.74, 6) is 0. The second-order valence-electron chi connectivity index (χ2n) is 9.50. The van der Waals surface area contributed by atoms with Crippen LogP contribution >= 0.6 is 11.6 Å². The monoisotopic (exact) mass is 474 g/mol. The Morgan fingerprint density at radius 3 is 2.68 bits per heavy atom. The van der Waals surface area contributed by atoms with Gasteiger partial charge in [-0.05, 0) is 81.6 Å². The van der Waals surface area contributed by atoms with Crippen LogP contribution in [0.4, 0.5) is 0 Å². The van der Waals surface area contributed by atoms with Crippen molar-refractivity contribution in [2.45, 2.75) is 45.7 Å². The van der Waals surface area contributed by atoms with Crippen LogP contribution in [0.3, 0.4) is 0 Å². The summed E-state index contributed by atoms with van der Waals surface area (Å²) in [5.41, 5.74) is 7.76. The summed E-state index contributed by atoms with van der Waals surface area (Å²) < 4.78 is 0. The van der Waals surface area contributed by atoms with Crippen LogP contribution in [0.5, 0.6) is 0 Å². The molecule has 3 aromatic heterocycles. The molecule has 1 aliphatic rings. The molecule has 0 radical (unpaired) electrons. The number of piperazine rings is 1. The second kappa shape index (κ2) is 9.82. The van der Waals surface area contributed by atoms with E-state index in [1.165, 1.54) is 5.56 Å². The van der Waals surface area contributed by atoms with Crippen molar-refractivity contribution in [3.63, 3.8) is 0 Å². The molecule has 7 heteroatoms. The van der Waals surface area contributed by atoms with Crippen LogP contribution < -0.4 is 5.32 Å². The Hall–Kier alpha value is -2.80. The number of hydrogen-bond acceptors (Lipinski definition) is 5. The maximum Gasteiger partial charge on any atom is 0.0980 e. The summed E-state index contributed by atoms with van der Waals surface area (Å²) in [5, 5.41) is 4.29. The number of rotatable bonds is 6. The van der Waals surface area contributed by atoms with Gasteiger partial charge in [0.2, 0.25) is 0 Å². The second-order valence-corrected chi connectivity index (χ2v) is 9.93. The molecule has 1 saturated heterocycles. The zero-order valence-electron chi connectivity index (χ0n) is 20.0. The Morgan fingerprint density at radius 2 is 1.85 bits per heavy atom. The Bertz CT molecular complexity index is 1290. The molecule has 1 fully saturated rings. The summed E-state index contributed by atoms with van der Waals surface area (Å²) in [6.07, 6.45) is 5.82. The van der Waals surface area contributed by atoms with E-state index in [0.29, 0.717) is 17.1 Å². The third-order valence-corrected chi connectivity index (χ3v) is 6.75. The highest BCUT2D eigenvalue weighted by Crippen LogP contribution is 2.32. The third kappa shape index (κ3) is 4.99. The Kier molecular flexibility index (Phi) is 6.63. The summed E-state index contributed by atoms with van der Waals surface area (Å²) in [4.78, 5) is 20.0. The van der Waals surface area contributed by atoms with Crippen molar-refractivity contribution in [1.82, 2.24) is 30.2 Å². The number of nitrogens with zero attached hydrogens (tertiary/aromatic N) is 4. The first-order valence-electron chi connectivity index (χ1n) is 12.0. The number of imidazole rings is 1. The fourth-order valence-electron chi connectivity index (χ4n) is 5.00. The van der Waals surface area contributed by atoms with Gasteiger partial charge in [-0.1, -0.05) is 17.7 Å². The lowest BCUT2D eigenvalue weighted by Crippen LogP contribution is -2.54. The highest BCUT2D eigenvalue weighted by Gasteiger charge is 2.20. The number of nitrogens with one attached hydrogen (secondary N) is 2. The fraction of sp³-hybridized carbons (Fsp3) is 0.370. The number of halogens is 1. The van der Waals surface area contributed by atoms with Crippen molar-refractivity contribution in [2.24, 2.45) is 0 Å². The molecule has 4 heterocycles. The van der Waals surface area contributed by atoms with Gasteiger partial charge >= 0.3 is 0 Å². The van der Waals surface area contributed by atoms with Crippen LogP contribution in [0.15, 0.2) is 48.9 Å². The molecule has 176 valence electrons. The van der Waals surface area contributed by atoms with E-state index in [1.807, 2.05) is 36.5 Å². The van der Waals surface area contributed by atoms with E-state index in [2.05, 4.69) is 52.0 Å². The molecule has 2 atom stereocenters. The predicted molar refractivity (Wildman–Crippen MR) is 139 cm³/mol. The van der Waals surface area contributed by atoms with Crippen LogP contribution in [0.25, 0.3) is 33.7 Å². The number of pyridine rings is 2. The lowest BCUT2D eigenvalue weighted by atomic mass is 10.0. The maximum absolute atomic E-state index is 6.26. The summed E-state index contributed by atoms with van der Waals surface area (Å²) in [6, 6.07) is 13.2. The van der Waals surface area contributed by atoms with Crippen LogP contribution in [0, 0.1) is 6.92 Å². The molecule has 1 aromatic carbocycles. The van der Waals surface area contributed by atoms with Crippen LogP contribution in [0.2, 0.25) is 5.02 Å². The van der Waals surface area contributed by atoms with Gasteiger partial charge in [0.05, 0.1) is 34.4 Å². The zero-order valence-corrected chi connectivity index (χ0v) is 20.7. The van der Waals surface area contributed by atoms with Crippen LogP contribution in [0.1, 0.15) is 31.4 Å². The third-order valence-electron chi connectivity index (χ3n) is 6.52. The first-order valence-corrected chi connectivity index (χ1v) is 12.4. The van der Waals surface area contributed by atoms with Gasteiger partial charge < -0.3 is 15.2 Å². The van der Waals surface area contributed by atoms with Crippen molar-refractivity contribution in [3.05, 3.63) is 65.1 Å². The minimum atomic E-state index is 0.553. The van der Waals surface area contributed by atoms with Gasteiger partial charge in [-0.2, -0.15) is 0 Å². The number of aromatic amines is 1. The molecular formula is C27H31ClN6. The van der Waals surface area contributed by atoms with E-state index in [9.17, 15) is 0 Å². The van der Waals surface area contributed by atoms with E-state index < -0.39 is 0 Å². The van der Waals surface area contributed by atoms with E-state index in [1.54, 1.807) is 6.33 Å². The van der Waals surface area contributed by atoms with Crippen LogP contribution in [-0.4, -0.2) is 56.6 Å². The molecule has 1 aliphatic heterocycles. The summed E-state index contributed by atoms with van der Waals surface area (Å²) in [7, 11) is 0. The maximum atomic E-state index is 6.26. The van der Waals surface area contributed by atoms with Crippen molar-refractivity contribution in [1.29, 1.82) is 0 Å². The molecular weight excluding hydrogens is 444 g/mol. The standard InChI is InChI=1S/C27H31ClN6/c1-17-6-7-21(28)12-22(17)26-27(31-16-30-26)24-9-8-23-25(33-24)11-20(13-29-23)5-4-10-34-14-18(2)32-19(3)15-34/h6-9,11-13,16,18-19,32H,4-5,10,14-15H2,1-3H3,(H,30,31)/t18-,19+. The zero-order chi connectivity index (χ0) is 23.7. The SMILES string of the molecule is Cc1ccc(Cl)cc1-c1nc[nH]c1-c1ccc2ncc(CCCN3C[C@@H](C)N[C@@H](C)C3)cc2n1. The minimum Gasteiger partial charge on any atom is -0.343 e.